The number of nitrogens with zero attached hydrogens (tertiary/aromatic N) is 1. The minimum Gasteiger partial charge on any atom is -0.540 e. The minimum atomic E-state index is -0.125. The Kier molecular flexibility index (Phi) is 10.6. The fourth-order valence-electron chi connectivity index (χ4n) is 1.98. The number of aromatic nitrogens is 1. The smallest absolute Gasteiger partial charge is 0.155 e. The molecule has 0 saturated carbocycles. The number of ketones is 1. The van der Waals surface area contributed by atoms with E-state index in [-0.39, 0.29) is 37.6 Å². The van der Waals surface area contributed by atoms with E-state index < -0.39 is 0 Å². The summed E-state index contributed by atoms with van der Waals surface area (Å²) in [5, 5.41) is 17.5. The van der Waals surface area contributed by atoms with E-state index >= 15 is 0 Å². The summed E-state index contributed by atoms with van der Waals surface area (Å²) < 4.78 is 5.14. The molecule has 0 spiro atoms. The van der Waals surface area contributed by atoms with Crippen molar-refractivity contribution in [3.8, 4) is 17.0 Å². The Balaban J connectivity index is 0.000000620. The first kappa shape index (κ1) is 23.0. The van der Waals surface area contributed by atoms with E-state index in [1.807, 2.05) is 19.1 Å². The molecule has 0 saturated heterocycles. The van der Waals surface area contributed by atoms with Gasteiger partial charge in [-0.25, -0.2) is 0 Å². The van der Waals surface area contributed by atoms with Crippen LogP contribution in [0.25, 0.3) is 11.3 Å². The van der Waals surface area contributed by atoms with E-state index in [2.05, 4.69) is 11.1 Å². The first-order chi connectivity index (χ1) is 11.4. The van der Waals surface area contributed by atoms with Crippen molar-refractivity contribution in [2.24, 2.45) is 0 Å². The van der Waals surface area contributed by atoms with Gasteiger partial charge in [0.15, 0.2) is 5.78 Å². The predicted molar refractivity (Wildman–Crippen MR) is 92.8 cm³/mol. The Morgan fingerprint density at radius 1 is 1.36 bits per heavy atom. The Hall–Kier alpha value is -2.04. The van der Waals surface area contributed by atoms with Crippen LogP contribution in [0.4, 0.5) is 0 Å². The van der Waals surface area contributed by atoms with Gasteiger partial charge in [-0.3, -0.25) is 4.79 Å². The van der Waals surface area contributed by atoms with Crippen molar-refractivity contribution in [1.82, 2.24) is 4.98 Å². The van der Waals surface area contributed by atoms with Crippen LogP contribution in [0.3, 0.4) is 0 Å². The summed E-state index contributed by atoms with van der Waals surface area (Å²) in [6.07, 6.45) is 2.86. The molecule has 0 amide bonds. The van der Waals surface area contributed by atoms with Gasteiger partial charge >= 0.3 is 0 Å². The number of methoxy groups -OCH3 is 1. The molecular weight excluding hydrogens is 409 g/mol. The number of benzene rings is 1. The maximum absolute atomic E-state index is 10.0. The van der Waals surface area contributed by atoms with Gasteiger partial charge in [-0.15, -0.1) is 29.3 Å². The molecule has 0 unspecified atom stereocenters. The average Bonchev–Trinajstić information content (AvgIpc) is 2.54. The third-order valence-corrected chi connectivity index (χ3v) is 3.02. The molecule has 5 nitrogen and oxygen atoms in total. The summed E-state index contributed by atoms with van der Waals surface area (Å²) in [6.45, 7) is 4.85. The second kappa shape index (κ2) is 11.5. The van der Waals surface area contributed by atoms with Crippen molar-refractivity contribution in [2.45, 2.75) is 27.4 Å². The van der Waals surface area contributed by atoms with Crippen molar-refractivity contribution in [3.05, 3.63) is 59.5 Å². The standard InChI is InChI=1S/C14H14NO2.C5H8O2.Rh/c1-10-7-12(17-2)3-4-13(10)14-8-11(9-16)5-6-15-14;1-4(6)3-5(2)7;/h3,5-8,16H,9H2,1-2H3;3,6H,1-2H3;/q-1;;/b;4-3-;. The maximum atomic E-state index is 10.0. The number of aryl methyl sites for hydroxylation is 1. The molecule has 0 bridgehead atoms. The first-order valence-electron chi connectivity index (χ1n) is 7.37. The molecule has 2 aromatic rings. The summed E-state index contributed by atoms with van der Waals surface area (Å²) in [4.78, 5) is 14.3. The van der Waals surface area contributed by atoms with Gasteiger partial charge in [0.05, 0.1) is 19.5 Å². The van der Waals surface area contributed by atoms with Gasteiger partial charge in [0.25, 0.3) is 0 Å². The van der Waals surface area contributed by atoms with Crippen LogP contribution in [0.2, 0.25) is 0 Å². The molecule has 2 N–H and O–H groups in total. The Morgan fingerprint density at radius 2 is 2.04 bits per heavy atom. The van der Waals surface area contributed by atoms with Crippen molar-refractivity contribution in [2.75, 3.05) is 7.11 Å². The number of carbonyl (C=O) groups is 1. The third kappa shape index (κ3) is 8.06. The maximum Gasteiger partial charge on any atom is 0.155 e. The normalized spacial score (nSPS) is 10.2. The molecule has 25 heavy (non-hydrogen) atoms. The predicted octanol–water partition coefficient (Wildman–Crippen LogP) is 3.39. The molecule has 1 heterocycles. The molecular formula is C19H22NO4Rh-. The molecule has 0 fully saturated rings. The summed E-state index contributed by atoms with van der Waals surface area (Å²) in [5.74, 6) is 0.720. The van der Waals surface area contributed by atoms with Crippen molar-refractivity contribution in [1.29, 1.82) is 0 Å². The van der Waals surface area contributed by atoms with Crippen LogP contribution in [0, 0.1) is 13.0 Å². The zero-order chi connectivity index (χ0) is 18.1. The van der Waals surface area contributed by atoms with E-state index in [1.165, 1.54) is 19.9 Å². The molecule has 0 aliphatic heterocycles. The van der Waals surface area contributed by atoms with Crippen LogP contribution < -0.4 is 4.74 Å². The minimum absolute atomic E-state index is 0. The van der Waals surface area contributed by atoms with Crippen LogP contribution in [-0.4, -0.2) is 28.1 Å². The molecule has 0 aliphatic carbocycles. The molecule has 0 atom stereocenters. The van der Waals surface area contributed by atoms with Gasteiger partial charge in [-0.1, -0.05) is 13.0 Å². The van der Waals surface area contributed by atoms with E-state index in [0.717, 1.165) is 28.1 Å². The second-order valence-electron chi connectivity index (χ2n) is 5.20. The van der Waals surface area contributed by atoms with Crippen molar-refractivity contribution in [3.63, 3.8) is 0 Å². The number of rotatable bonds is 4. The summed E-state index contributed by atoms with van der Waals surface area (Å²) in [6, 6.07) is 10.5. The molecule has 6 heteroatoms. The molecule has 1 aromatic heterocycles. The van der Waals surface area contributed by atoms with Crippen LogP contribution in [0.5, 0.6) is 5.75 Å². The fraction of sp³-hybridized carbons (Fsp3) is 0.263. The SMILES string of the molecule is CC(=O)/C=C(/C)O.COc1c[c-]c(-c2cc(CO)ccn2)c(C)c1.[Rh]. The molecule has 0 aliphatic rings. The van der Waals surface area contributed by atoms with Crippen LogP contribution >= 0.6 is 0 Å². The number of allylic oxidation sites excluding steroid dienone is 2. The van der Waals surface area contributed by atoms with Gasteiger partial charge in [0.1, 0.15) is 0 Å². The van der Waals surface area contributed by atoms with Crippen LogP contribution in [0.1, 0.15) is 25.0 Å². The molecule has 1 radical (unpaired) electrons. The van der Waals surface area contributed by atoms with Gasteiger partial charge in [-0.2, -0.15) is 0 Å². The summed E-state index contributed by atoms with van der Waals surface area (Å²) in [7, 11) is 1.63. The van der Waals surface area contributed by atoms with Gasteiger partial charge < -0.3 is 19.9 Å². The molecule has 137 valence electrons. The van der Waals surface area contributed by atoms with Crippen LogP contribution in [0.15, 0.2) is 42.3 Å². The van der Waals surface area contributed by atoms with Gasteiger partial charge in [-0.05, 0) is 31.2 Å². The molecule has 2 rings (SSSR count). The number of carbonyl (C=O) groups excluding carboxylic acids is 1. The number of pyridine rings is 1. The quantitative estimate of drug-likeness (QED) is 0.336. The van der Waals surface area contributed by atoms with Gasteiger partial charge in [0, 0.05) is 37.5 Å². The largest absolute Gasteiger partial charge is 0.540 e. The number of hydrogen-bond acceptors (Lipinski definition) is 5. The zero-order valence-corrected chi connectivity index (χ0v) is 16.3. The third-order valence-electron chi connectivity index (χ3n) is 3.02. The van der Waals surface area contributed by atoms with Crippen molar-refractivity contribution >= 4 is 5.78 Å². The Bertz CT molecular complexity index is 725. The number of aliphatic hydroxyl groups is 2. The van der Waals surface area contributed by atoms with E-state index in [1.54, 1.807) is 25.4 Å². The average molecular weight is 431 g/mol. The summed E-state index contributed by atoms with van der Waals surface area (Å²) in [5.41, 5.74) is 3.64. The van der Waals surface area contributed by atoms with Gasteiger partial charge in [0.2, 0.25) is 0 Å². The molecule has 1 aromatic carbocycles. The Labute approximate surface area is 161 Å². The first-order valence-corrected chi connectivity index (χ1v) is 7.37. The Morgan fingerprint density at radius 3 is 2.48 bits per heavy atom. The fourth-order valence-corrected chi connectivity index (χ4v) is 1.98. The second-order valence-corrected chi connectivity index (χ2v) is 5.20. The summed E-state index contributed by atoms with van der Waals surface area (Å²) >= 11 is 0. The number of aliphatic hydroxyl groups excluding tert-OH is 2. The van der Waals surface area contributed by atoms with E-state index in [0.29, 0.717) is 0 Å². The topological polar surface area (TPSA) is 79.7 Å². The van der Waals surface area contributed by atoms with Crippen LogP contribution in [-0.2, 0) is 30.9 Å². The monoisotopic (exact) mass is 431 g/mol. The number of ether oxygens (including phenoxy) is 1. The number of hydrogen-bond donors (Lipinski definition) is 2. The zero-order valence-electron chi connectivity index (χ0n) is 14.7. The van der Waals surface area contributed by atoms with Crippen molar-refractivity contribution < 1.29 is 39.2 Å². The van der Waals surface area contributed by atoms with E-state index in [9.17, 15) is 4.79 Å². The van der Waals surface area contributed by atoms with E-state index in [4.69, 9.17) is 14.9 Å².